The standard InChI is InChI=1S/C18H24ClNO5/c1-5-24-15(22)18(10-11-21,20-16(23)25-17(2,3)4)12-13-6-8-14(19)9-7-13/h6-9,11H,5,10,12H2,1-4H3,(H,20,23). The van der Waals surface area contributed by atoms with Crippen LogP contribution in [0.25, 0.3) is 0 Å². The molecule has 138 valence electrons. The maximum Gasteiger partial charge on any atom is 0.408 e. The number of benzene rings is 1. The number of nitrogens with one attached hydrogen (secondary N) is 1. The lowest BCUT2D eigenvalue weighted by atomic mass is 9.88. The normalized spacial score (nSPS) is 13.5. The van der Waals surface area contributed by atoms with Crippen LogP contribution in [-0.4, -0.2) is 36.1 Å². The van der Waals surface area contributed by atoms with Crippen molar-refractivity contribution in [2.45, 2.75) is 51.7 Å². The number of alkyl carbamates (subject to hydrolysis) is 1. The third kappa shape index (κ3) is 6.74. The molecule has 1 aromatic rings. The zero-order valence-corrected chi connectivity index (χ0v) is 15.7. The number of aldehydes is 1. The summed E-state index contributed by atoms with van der Waals surface area (Å²) < 4.78 is 10.3. The molecule has 0 aliphatic rings. The number of carbonyl (C=O) groups is 3. The topological polar surface area (TPSA) is 81.7 Å². The number of ether oxygens (including phenoxy) is 2. The van der Waals surface area contributed by atoms with Crippen molar-refractivity contribution >= 4 is 29.9 Å². The largest absolute Gasteiger partial charge is 0.464 e. The molecule has 1 N–H and O–H groups in total. The summed E-state index contributed by atoms with van der Waals surface area (Å²) in [6, 6.07) is 6.78. The Morgan fingerprint density at radius 3 is 2.28 bits per heavy atom. The van der Waals surface area contributed by atoms with Gasteiger partial charge in [0.1, 0.15) is 11.9 Å². The molecule has 0 aromatic heterocycles. The van der Waals surface area contributed by atoms with Crippen LogP contribution in [-0.2, 0) is 25.5 Å². The fourth-order valence-electron chi connectivity index (χ4n) is 2.24. The number of amides is 1. The van der Waals surface area contributed by atoms with Gasteiger partial charge in [-0.2, -0.15) is 0 Å². The van der Waals surface area contributed by atoms with E-state index >= 15 is 0 Å². The molecule has 0 aliphatic carbocycles. The molecule has 0 saturated heterocycles. The highest BCUT2D eigenvalue weighted by molar-refractivity contribution is 6.30. The first-order valence-corrected chi connectivity index (χ1v) is 8.36. The predicted octanol–water partition coefficient (Wildman–Crippen LogP) is 3.30. The SMILES string of the molecule is CCOC(=O)C(CC=O)(Cc1ccc(Cl)cc1)NC(=O)OC(C)(C)C. The van der Waals surface area contributed by atoms with Gasteiger partial charge in [-0.1, -0.05) is 23.7 Å². The van der Waals surface area contributed by atoms with E-state index in [4.69, 9.17) is 21.1 Å². The summed E-state index contributed by atoms with van der Waals surface area (Å²) in [5.74, 6) is -0.692. The van der Waals surface area contributed by atoms with Crippen LogP contribution < -0.4 is 5.32 Å². The average molecular weight is 370 g/mol. The first-order chi connectivity index (χ1) is 11.6. The number of hydrogen-bond donors (Lipinski definition) is 1. The van der Waals surface area contributed by atoms with Crippen molar-refractivity contribution in [3.05, 3.63) is 34.9 Å². The summed E-state index contributed by atoms with van der Waals surface area (Å²) in [6.45, 7) is 6.89. The molecule has 0 spiro atoms. The minimum Gasteiger partial charge on any atom is -0.464 e. The highest BCUT2D eigenvalue weighted by Crippen LogP contribution is 2.22. The van der Waals surface area contributed by atoms with Crippen LogP contribution in [0.5, 0.6) is 0 Å². The van der Waals surface area contributed by atoms with E-state index in [1.165, 1.54) is 0 Å². The molecule has 25 heavy (non-hydrogen) atoms. The van der Waals surface area contributed by atoms with Gasteiger partial charge in [0.05, 0.1) is 6.61 Å². The van der Waals surface area contributed by atoms with Crippen molar-refractivity contribution in [2.24, 2.45) is 0 Å². The van der Waals surface area contributed by atoms with Crippen molar-refractivity contribution in [1.29, 1.82) is 0 Å². The van der Waals surface area contributed by atoms with Crippen LogP contribution in [0, 0.1) is 0 Å². The number of halogens is 1. The van der Waals surface area contributed by atoms with Crippen molar-refractivity contribution in [3.8, 4) is 0 Å². The van der Waals surface area contributed by atoms with Crippen molar-refractivity contribution < 1.29 is 23.9 Å². The fourth-order valence-corrected chi connectivity index (χ4v) is 2.36. The Kier molecular flexibility index (Phi) is 7.42. The maximum absolute atomic E-state index is 12.6. The predicted molar refractivity (Wildman–Crippen MR) is 94.6 cm³/mol. The van der Waals surface area contributed by atoms with E-state index < -0.39 is 23.2 Å². The molecule has 0 bridgehead atoms. The number of carbonyl (C=O) groups excluding carboxylic acids is 3. The second-order valence-electron chi connectivity index (χ2n) is 6.60. The number of rotatable bonds is 7. The van der Waals surface area contributed by atoms with Gasteiger partial charge in [0.25, 0.3) is 0 Å². The lowest BCUT2D eigenvalue weighted by molar-refractivity contribution is -0.152. The van der Waals surface area contributed by atoms with Gasteiger partial charge >= 0.3 is 12.1 Å². The highest BCUT2D eigenvalue weighted by Gasteiger charge is 2.42. The molecule has 6 nitrogen and oxygen atoms in total. The third-order valence-corrected chi connectivity index (χ3v) is 3.51. The summed E-state index contributed by atoms with van der Waals surface area (Å²) in [6.07, 6.45) is -0.393. The average Bonchev–Trinajstić information content (AvgIpc) is 2.48. The highest BCUT2D eigenvalue weighted by atomic mass is 35.5. The van der Waals surface area contributed by atoms with E-state index in [0.717, 1.165) is 5.56 Å². The van der Waals surface area contributed by atoms with Crippen LogP contribution in [0.4, 0.5) is 4.79 Å². The molecule has 0 saturated carbocycles. The molecule has 0 fully saturated rings. The molecule has 7 heteroatoms. The summed E-state index contributed by atoms with van der Waals surface area (Å²) in [5, 5.41) is 3.08. The zero-order chi connectivity index (χ0) is 19.1. The fraction of sp³-hybridized carbons (Fsp3) is 0.500. The van der Waals surface area contributed by atoms with E-state index in [-0.39, 0.29) is 19.4 Å². The van der Waals surface area contributed by atoms with Crippen LogP contribution in [0.1, 0.15) is 39.7 Å². The van der Waals surface area contributed by atoms with Crippen LogP contribution in [0.2, 0.25) is 5.02 Å². The monoisotopic (exact) mass is 369 g/mol. The summed E-state index contributed by atoms with van der Waals surface area (Å²) >= 11 is 5.88. The molecular formula is C18H24ClNO5. The van der Waals surface area contributed by atoms with Gasteiger partial charge in [0, 0.05) is 17.9 Å². The minimum atomic E-state index is -1.55. The zero-order valence-electron chi connectivity index (χ0n) is 14.9. The summed E-state index contributed by atoms with van der Waals surface area (Å²) in [5.41, 5.74) is -1.57. The van der Waals surface area contributed by atoms with E-state index in [2.05, 4.69) is 5.32 Å². The molecule has 1 unspecified atom stereocenters. The van der Waals surface area contributed by atoms with E-state index in [1.807, 2.05) is 0 Å². The third-order valence-electron chi connectivity index (χ3n) is 3.26. The Balaban J connectivity index is 3.16. The van der Waals surface area contributed by atoms with Gasteiger partial charge in [0.15, 0.2) is 5.54 Å². The summed E-state index contributed by atoms with van der Waals surface area (Å²) in [4.78, 5) is 36.0. The molecule has 1 atom stereocenters. The van der Waals surface area contributed by atoms with Gasteiger partial charge < -0.3 is 19.6 Å². The number of hydrogen-bond acceptors (Lipinski definition) is 5. The van der Waals surface area contributed by atoms with Crippen LogP contribution in [0.15, 0.2) is 24.3 Å². The van der Waals surface area contributed by atoms with E-state index in [0.29, 0.717) is 11.3 Å². The molecule has 0 radical (unpaired) electrons. The Labute approximate surface area is 152 Å². The lowest BCUT2D eigenvalue weighted by Gasteiger charge is -2.32. The van der Waals surface area contributed by atoms with Gasteiger partial charge in [-0.05, 0) is 45.4 Å². The van der Waals surface area contributed by atoms with E-state index in [1.54, 1.807) is 52.0 Å². The quantitative estimate of drug-likeness (QED) is 0.589. The van der Waals surface area contributed by atoms with Gasteiger partial charge in [-0.15, -0.1) is 0 Å². The lowest BCUT2D eigenvalue weighted by Crippen LogP contribution is -2.58. The molecule has 1 amide bonds. The smallest absolute Gasteiger partial charge is 0.408 e. The first kappa shape index (κ1) is 21.0. The second kappa shape index (κ2) is 8.85. The van der Waals surface area contributed by atoms with Gasteiger partial charge in [0.2, 0.25) is 0 Å². The Morgan fingerprint density at radius 2 is 1.80 bits per heavy atom. The Hall–Kier alpha value is -2.08. The van der Waals surface area contributed by atoms with Gasteiger partial charge in [-0.25, -0.2) is 9.59 Å². The minimum absolute atomic E-state index is 0.0704. The Bertz CT molecular complexity index is 609. The maximum atomic E-state index is 12.6. The van der Waals surface area contributed by atoms with Crippen LogP contribution >= 0.6 is 11.6 Å². The Morgan fingerprint density at radius 1 is 1.20 bits per heavy atom. The van der Waals surface area contributed by atoms with Crippen molar-refractivity contribution in [3.63, 3.8) is 0 Å². The molecular weight excluding hydrogens is 346 g/mol. The van der Waals surface area contributed by atoms with Crippen molar-refractivity contribution in [2.75, 3.05) is 6.61 Å². The first-order valence-electron chi connectivity index (χ1n) is 7.98. The molecule has 1 aromatic carbocycles. The van der Waals surface area contributed by atoms with Crippen molar-refractivity contribution in [1.82, 2.24) is 5.32 Å². The second-order valence-corrected chi connectivity index (χ2v) is 7.04. The van der Waals surface area contributed by atoms with Crippen LogP contribution in [0.3, 0.4) is 0 Å². The summed E-state index contributed by atoms with van der Waals surface area (Å²) in [7, 11) is 0. The van der Waals surface area contributed by atoms with E-state index in [9.17, 15) is 14.4 Å². The van der Waals surface area contributed by atoms with Gasteiger partial charge in [-0.3, -0.25) is 0 Å². The number of esters is 1. The molecule has 1 rings (SSSR count). The molecule has 0 aliphatic heterocycles. The molecule has 0 heterocycles.